The van der Waals surface area contributed by atoms with Gasteiger partial charge in [-0.15, -0.1) is 0 Å². The monoisotopic (exact) mass is 422 g/mol. The van der Waals surface area contributed by atoms with E-state index in [2.05, 4.69) is 62.2 Å². The summed E-state index contributed by atoms with van der Waals surface area (Å²) in [6, 6.07) is 1.25. The second-order valence-electron chi connectivity index (χ2n) is 5.23. The Bertz CT molecular complexity index is 132. The maximum Gasteiger partial charge on any atom is 2.00 e. The molecule has 0 rings (SSSR count). The van der Waals surface area contributed by atoms with Gasteiger partial charge in [0, 0.05) is 26.3 Å². The molecular weight excluding hydrogens is 375 g/mol. The average molecular weight is 423 g/mol. The smallest absolute Gasteiger partial charge is 0.509 e. The summed E-state index contributed by atoms with van der Waals surface area (Å²) in [5.41, 5.74) is 0. The molecule has 0 aliphatic rings. The van der Waals surface area contributed by atoms with Crippen LogP contribution in [0.15, 0.2) is 0 Å². The summed E-state index contributed by atoms with van der Waals surface area (Å²) in [5.74, 6) is 6.32. The maximum absolute atomic E-state index is 4.89. The topological polar surface area (TPSA) is 30.5 Å². The SMILES string of the molecule is C.CC(C)NC(C)C.C[O][Al]([CH3])[CH3].C[O][Al][CH3].[CH2-]CC.[CH2-]CC.[Ni+2]. The molecule has 1 radical (unpaired) electrons. The fourth-order valence-electron chi connectivity index (χ4n) is 0.667. The molecule has 0 amide bonds. The largest absolute Gasteiger partial charge is 2.00 e. The Morgan fingerprint density at radius 3 is 1.12 bits per heavy atom. The van der Waals surface area contributed by atoms with Crippen LogP contribution in [-0.2, 0) is 24.1 Å². The molecule has 0 aromatic heterocycles. The molecule has 1 N–H and O–H groups in total. The van der Waals surface area contributed by atoms with Gasteiger partial charge in [0.1, 0.15) is 0 Å². The molecule has 0 fully saturated rings. The molecule has 0 saturated carbocycles. The van der Waals surface area contributed by atoms with Crippen LogP contribution in [0.4, 0.5) is 0 Å². The van der Waals surface area contributed by atoms with Gasteiger partial charge in [-0.3, -0.25) is 0 Å². The van der Waals surface area contributed by atoms with E-state index >= 15 is 0 Å². The van der Waals surface area contributed by atoms with Crippen molar-refractivity contribution in [2.75, 3.05) is 14.2 Å². The van der Waals surface area contributed by atoms with Crippen LogP contribution in [0.1, 0.15) is 61.8 Å². The molecular formula is C18H48Al2NNiO2. The predicted molar refractivity (Wildman–Crippen MR) is 115 cm³/mol. The van der Waals surface area contributed by atoms with Crippen LogP contribution in [0.3, 0.4) is 0 Å². The maximum atomic E-state index is 4.89. The molecule has 6 heteroatoms. The van der Waals surface area contributed by atoms with E-state index in [1.54, 1.807) is 14.2 Å². The fraction of sp³-hybridized carbons (Fsp3) is 0.889. The molecule has 0 aromatic rings. The Balaban J connectivity index is -0.0000000307. The summed E-state index contributed by atoms with van der Waals surface area (Å²) in [6.45, 7) is 19.6. The van der Waals surface area contributed by atoms with Gasteiger partial charge in [0.15, 0.2) is 0 Å². The Labute approximate surface area is 178 Å². The molecule has 0 saturated heterocycles. The third-order valence-electron chi connectivity index (χ3n) is 1.37. The number of rotatable bonds is 4. The van der Waals surface area contributed by atoms with Gasteiger partial charge in [-0.05, 0) is 0 Å². The second kappa shape index (κ2) is 49.7. The van der Waals surface area contributed by atoms with Crippen molar-refractivity contribution < 1.29 is 24.1 Å². The molecule has 0 aromatic carbocycles. The first-order chi connectivity index (χ1) is 10.1. The van der Waals surface area contributed by atoms with Crippen molar-refractivity contribution in [3.63, 3.8) is 0 Å². The average Bonchev–Trinajstić information content (AvgIpc) is 2.40. The van der Waals surface area contributed by atoms with Gasteiger partial charge in [0.2, 0.25) is 0 Å². The Kier molecular flexibility index (Phi) is 92.5. The van der Waals surface area contributed by atoms with E-state index in [4.69, 9.17) is 3.79 Å². The van der Waals surface area contributed by atoms with Crippen LogP contribution >= 0.6 is 0 Å². The molecule has 0 unspecified atom stereocenters. The zero-order valence-electron chi connectivity index (χ0n) is 17.8. The molecule has 0 bridgehead atoms. The third kappa shape index (κ3) is 166. The van der Waals surface area contributed by atoms with Gasteiger partial charge in [-0.1, -0.05) is 66.3 Å². The number of hydrogen-bond donors (Lipinski definition) is 1. The molecule has 153 valence electrons. The molecule has 0 heterocycles. The summed E-state index contributed by atoms with van der Waals surface area (Å²) < 4.78 is 9.51. The molecule has 0 spiro atoms. The van der Waals surface area contributed by atoms with E-state index < -0.39 is 14.5 Å². The van der Waals surface area contributed by atoms with Crippen LogP contribution in [-0.4, -0.2) is 56.3 Å². The van der Waals surface area contributed by atoms with Crippen molar-refractivity contribution in [1.82, 2.24) is 5.32 Å². The van der Waals surface area contributed by atoms with Gasteiger partial charge in [-0.25, -0.2) is 0 Å². The van der Waals surface area contributed by atoms with Crippen molar-refractivity contribution in [3.05, 3.63) is 13.8 Å². The van der Waals surface area contributed by atoms with Crippen LogP contribution in [0.2, 0.25) is 17.4 Å². The first-order valence-corrected chi connectivity index (χ1v) is 12.7. The van der Waals surface area contributed by atoms with E-state index in [1.807, 2.05) is 19.6 Å². The molecule has 0 aliphatic heterocycles. The second-order valence-corrected chi connectivity index (χ2v) is 8.74. The molecule has 24 heavy (non-hydrogen) atoms. The van der Waals surface area contributed by atoms with Crippen LogP contribution in [0.5, 0.6) is 0 Å². The summed E-state index contributed by atoms with van der Waals surface area (Å²) in [6.07, 6.45) is 2.00. The molecule has 0 atom stereocenters. The standard InChI is InChI=1S/C6H15N.2C3H7.2CH3O.CH4.3CH3.2Al.Ni/c1-5(2)7-6(3)4;2*1-3-2;2*1-2;;;;;;;/h5-7H,1-4H3;2*1,3H2,2H3;2*1H3;1H4;3*1H3;;;/q;4*-1;;;;;2*+1;+2. The fourth-order valence-corrected chi connectivity index (χ4v) is 0.667. The van der Waals surface area contributed by atoms with E-state index in [9.17, 15) is 0 Å². The van der Waals surface area contributed by atoms with Crippen LogP contribution < -0.4 is 5.32 Å². The van der Waals surface area contributed by atoms with Crippen LogP contribution in [0.25, 0.3) is 0 Å². The third-order valence-corrected chi connectivity index (χ3v) is 2.79. The van der Waals surface area contributed by atoms with Gasteiger partial charge in [0.05, 0.1) is 0 Å². The van der Waals surface area contributed by atoms with Crippen molar-refractivity contribution in [3.8, 4) is 0 Å². The van der Waals surface area contributed by atoms with Crippen molar-refractivity contribution >= 4 is 30.0 Å². The van der Waals surface area contributed by atoms with Crippen molar-refractivity contribution in [2.45, 2.75) is 91.3 Å². The van der Waals surface area contributed by atoms with Gasteiger partial charge in [0.25, 0.3) is 0 Å². The number of nitrogens with one attached hydrogen (secondary N) is 1. The van der Waals surface area contributed by atoms with E-state index in [0.717, 1.165) is 12.8 Å². The first kappa shape index (κ1) is 44.7. The Morgan fingerprint density at radius 1 is 0.958 bits per heavy atom. The first-order valence-electron chi connectivity index (χ1n) is 8.32. The summed E-state index contributed by atoms with van der Waals surface area (Å²) in [4.78, 5) is 0. The predicted octanol–water partition coefficient (Wildman–Crippen LogP) is 5.67. The van der Waals surface area contributed by atoms with Gasteiger partial charge in [-0.2, -0.15) is 12.8 Å². The molecule has 3 nitrogen and oxygen atoms in total. The van der Waals surface area contributed by atoms with Crippen molar-refractivity contribution in [1.29, 1.82) is 0 Å². The Morgan fingerprint density at radius 2 is 1.12 bits per heavy atom. The van der Waals surface area contributed by atoms with E-state index in [1.165, 1.54) is 0 Å². The summed E-state index contributed by atoms with van der Waals surface area (Å²) in [5, 5.41) is 3.31. The Hall–Kier alpha value is 1.44. The molecule has 0 aliphatic carbocycles. The van der Waals surface area contributed by atoms with Crippen LogP contribution in [0, 0.1) is 13.8 Å². The van der Waals surface area contributed by atoms with Gasteiger partial charge < -0.3 is 26.7 Å². The minimum absolute atomic E-state index is 0. The van der Waals surface area contributed by atoms with E-state index in [0.29, 0.717) is 12.1 Å². The minimum atomic E-state index is -0.650. The summed E-state index contributed by atoms with van der Waals surface area (Å²) in [7, 11) is 3.48. The van der Waals surface area contributed by atoms with Crippen molar-refractivity contribution in [2.24, 2.45) is 0 Å². The summed E-state index contributed by atoms with van der Waals surface area (Å²) >= 11 is -0.367. The number of hydrogen-bond acceptors (Lipinski definition) is 3. The van der Waals surface area contributed by atoms with Gasteiger partial charge >= 0.3 is 46.5 Å². The van der Waals surface area contributed by atoms with E-state index in [-0.39, 0.29) is 39.5 Å². The minimum Gasteiger partial charge on any atom is -0.509 e. The quantitative estimate of drug-likeness (QED) is 0.467. The zero-order chi connectivity index (χ0) is 19.0. The zero-order valence-corrected chi connectivity index (χ0v) is 21.1. The normalized spacial score (nSPS) is 7.46.